The second-order valence-corrected chi connectivity index (χ2v) is 3.97. The summed E-state index contributed by atoms with van der Waals surface area (Å²) >= 11 is 3.13. The van der Waals surface area contributed by atoms with Crippen LogP contribution in [0.3, 0.4) is 0 Å². The maximum Gasteiger partial charge on any atom is 0.291 e. The summed E-state index contributed by atoms with van der Waals surface area (Å²) in [6.07, 6.45) is 1.94. The van der Waals surface area contributed by atoms with Crippen LogP contribution < -0.4 is 5.73 Å². The summed E-state index contributed by atoms with van der Waals surface area (Å²) in [5.41, 5.74) is 5.99. The van der Waals surface area contributed by atoms with Crippen molar-refractivity contribution < 1.29 is 4.92 Å². The second-order valence-electron chi connectivity index (χ2n) is 3.06. The van der Waals surface area contributed by atoms with Crippen LogP contribution in [0.25, 0.3) is 0 Å². The Labute approximate surface area is 89.6 Å². The molecule has 0 unspecified atom stereocenters. The molecule has 0 fully saturated rings. The van der Waals surface area contributed by atoms with Crippen molar-refractivity contribution in [3.63, 3.8) is 0 Å². The van der Waals surface area contributed by atoms with Crippen molar-refractivity contribution in [2.45, 2.75) is 19.4 Å². The fourth-order valence-corrected chi connectivity index (χ4v) is 1.40. The van der Waals surface area contributed by atoms with Gasteiger partial charge in [0.1, 0.15) is 5.69 Å². The van der Waals surface area contributed by atoms with Crippen LogP contribution in [-0.4, -0.2) is 15.9 Å². The molecule has 6 heteroatoms. The van der Waals surface area contributed by atoms with Gasteiger partial charge in [-0.2, -0.15) is 0 Å². The normalized spacial score (nSPS) is 12.5. The van der Waals surface area contributed by atoms with E-state index in [1.54, 1.807) is 6.92 Å². The molecule has 76 valence electrons. The number of hydrogen-bond donors (Lipinski definition) is 1. The van der Waals surface area contributed by atoms with Crippen LogP contribution in [0.4, 0.5) is 5.69 Å². The molecule has 1 heterocycles. The molecule has 0 aliphatic carbocycles. The Kier molecular flexibility index (Phi) is 3.54. The molecule has 5 nitrogen and oxygen atoms in total. The lowest BCUT2D eigenvalue weighted by Gasteiger charge is -2.04. The Bertz CT molecular complexity index is 354. The first-order valence-corrected chi connectivity index (χ1v) is 4.84. The maximum absolute atomic E-state index is 10.7. The van der Waals surface area contributed by atoms with Gasteiger partial charge in [0, 0.05) is 29.2 Å². The van der Waals surface area contributed by atoms with Gasteiger partial charge in [0.15, 0.2) is 0 Å². The second kappa shape index (κ2) is 4.47. The number of pyridine rings is 1. The van der Waals surface area contributed by atoms with E-state index < -0.39 is 4.92 Å². The first-order valence-electron chi connectivity index (χ1n) is 4.05. The number of aromatic nitrogens is 1. The van der Waals surface area contributed by atoms with Crippen LogP contribution in [0, 0.1) is 10.1 Å². The molecule has 0 radical (unpaired) electrons. The zero-order valence-corrected chi connectivity index (χ0v) is 9.19. The third-order valence-corrected chi connectivity index (χ3v) is 2.06. The van der Waals surface area contributed by atoms with Gasteiger partial charge in [-0.1, -0.05) is 0 Å². The molecule has 1 atom stereocenters. The van der Waals surface area contributed by atoms with Crippen LogP contribution in [-0.2, 0) is 6.42 Å². The molecular weight excluding hydrogens is 250 g/mol. The van der Waals surface area contributed by atoms with Crippen molar-refractivity contribution >= 4 is 21.6 Å². The highest BCUT2D eigenvalue weighted by Crippen LogP contribution is 2.21. The predicted octanol–water partition coefficient (Wildman–Crippen LogP) is 1.64. The van der Waals surface area contributed by atoms with Gasteiger partial charge in [-0.25, -0.2) is 0 Å². The molecule has 0 bridgehead atoms. The fourth-order valence-electron chi connectivity index (χ4n) is 1.08. The molecule has 0 saturated heterocycles. The summed E-state index contributed by atoms with van der Waals surface area (Å²) in [5.74, 6) is 0. The number of nitrogens with zero attached hydrogens (tertiary/aromatic N) is 2. The van der Waals surface area contributed by atoms with Crippen molar-refractivity contribution in [3.8, 4) is 0 Å². The smallest absolute Gasteiger partial charge is 0.291 e. The monoisotopic (exact) mass is 259 g/mol. The zero-order valence-electron chi connectivity index (χ0n) is 7.61. The molecule has 1 aromatic rings. The van der Waals surface area contributed by atoms with Crippen LogP contribution in [0.5, 0.6) is 0 Å². The minimum Gasteiger partial charge on any atom is -0.328 e. The van der Waals surface area contributed by atoms with E-state index in [1.165, 1.54) is 12.3 Å². The molecule has 1 aromatic heterocycles. The van der Waals surface area contributed by atoms with Gasteiger partial charge in [-0.3, -0.25) is 15.1 Å². The van der Waals surface area contributed by atoms with E-state index in [0.717, 1.165) is 0 Å². The summed E-state index contributed by atoms with van der Waals surface area (Å²) in [5, 5.41) is 10.7. The lowest BCUT2D eigenvalue weighted by atomic mass is 10.1. The number of nitro groups is 1. The fraction of sp³-hybridized carbons (Fsp3) is 0.375. The van der Waals surface area contributed by atoms with Crippen molar-refractivity contribution in [1.29, 1.82) is 0 Å². The number of hydrogen-bond acceptors (Lipinski definition) is 4. The van der Waals surface area contributed by atoms with Crippen molar-refractivity contribution in [1.82, 2.24) is 4.98 Å². The van der Waals surface area contributed by atoms with Crippen molar-refractivity contribution in [3.05, 3.63) is 32.5 Å². The van der Waals surface area contributed by atoms with Gasteiger partial charge in [-0.05, 0) is 22.9 Å². The summed E-state index contributed by atoms with van der Waals surface area (Å²) < 4.78 is 0.595. The van der Waals surface area contributed by atoms with Crippen molar-refractivity contribution in [2.24, 2.45) is 5.73 Å². The number of halogens is 1. The molecule has 0 aliphatic rings. The quantitative estimate of drug-likeness (QED) is 0.661. The first kappa shape index (κ1) is 11.1. The Morgan fingerprint density at radius 1 is 1.79 bits per heavy atom. The highest BCUT2D eigenvalue weighted by Gasteiger charge is 2.16. The third-order valence-electron chi connectivity index (χ3n) is 1.63. The van der Waals surface area contributed by atoms with E-state index in [9.17, 15) is 10.1 Å². The lowest BCUT2D eigenvalue weighted by molar-refractivity contribution is -0.386. The molecule has 0 aromatic carbocycles. The maximum atomic E-state index is 10.7. The van der Waals surface area contributed by atoms with Gasteiger partial charge in [0.05, 0.1) is 4.92 Å². The third kappa shape index (κ3) is 2.74. The highest BCUT2D eigenvalue weighted by atomic mass is 79.9. The lowest BCUT2D eigenvalue weighted by Crippen LogP contribution is -2.19. The zero-order chi connectivity index (χ0) is 10.7. The van der Waals surface area contributed by atoms with E-state index in [2.05, 4.69) is 20.9 Å². The van der Waals surface area contributed by atoms with Crippen LogP contribution >= 0.6 is 15.9 Å². The van der Waals surface area contributed by atoms with Crippen LogP contribution in [0.1, 0.15) is 12.6 Å². The van der Waals surface area contributed by atoms with Crippen molar-refractivity contribution in [2.75, 3.05) is 0 Å². The largest absolute Gasteiger partial charge is 0.328 e. The van der Waals surface area contributed by atoms with Gasteiger partial charge in [-0.15, -0.1) is 0 Å². The van der Waals surface area contributed by atoms with E-state index in [0.29, 0.717) is 16.6 Å². The van der Waals surface area contributed by atoms with Crippen LogP contribution in [0.15, 0.2) is 16.7 Å². The van der Waals surface area contributed by atoms with Gasteiger partial charge in [0.2, 0.25) is 0 Å². The minimum atomic E-state index is -0.449. The molecule has 0 amide bonds. The highest BCUT2D eigenvalue weighted by molar-refractivity contribution is 9.10. The summed E-state index contributed by atoms with van der Waals surface area (Å²) in [6.45, 7) is 1.79. The average Bonchev–Trinajstić information content (AvgIpc) is 2.07. The molecule has 2 N–H and O–H groups in total. The Balaban J connectivity index is 3.08. The Morgan fingerprint density at radius 3 is 2.93 bits per heavy atom. The van der Waals surface area contributed by atoms with E-state index in [4.69, 9.17) is 5.73 Å². The van der Waals surface area contributed by atoms with Crippen LogP contribution in [0.2, 0.25) is 0 Å². The minimum absolute atomic E-state index is 0.0108. The molecule has 0 spiro atoms. The molecule has 1 rings (SSSR count). The summed E-state index contributed by atoms with van der Waals surface area (Å²) in [4.78, 5) is 14.2. The predicted molar refractivity (Wildman–Crippen MR) is 55.9 cm³/mol. The molecular formula is C8H10BrN3O2. The molecule has 14 heavy (non-hydrogen) atoms. The summed E-state index contributed by atoms with van der Waals surface area (Å²) in [7, 11) is 0. The topological polar surface area (TPSA) is 82.0 Å². The number of nitrogens with two attached hydrogens (primary N) is 1. The van der Waals surface area contributed by atoms with E-state index in [1.807, 2.05) is 0 Å². The SMILES string of the molecule is C[C@@H](N)Cc1ncc(Br)cc1[N+](=O)[O-]. The average molecular weight is 260 g/mol. The van der Waals surface area contributed by atoms with Gasteiger partial charge in [0.25, 0.3) is 5.69 Å². The summed E-state index contributed by atoms with van der Waals surface area (Å²) in [6, 6.07) is 1.30. The first-order chi connectivity index (χ1) is 6.50. The van der Waals surface area contributed by atoms with E-state index >= 15 is 0 Å². The Hall–Kier alpha value is -1.01. The molecule has 0 saturated carbocycles. The van der Waals surface area contributed by atoms with E-state index in [-0.39, 0.29) is 11.7 Å². The number of rotatable bonds is 3. The van der Waals surface area contributed by atoms with Gasteiger partial charge < -0.3 is 5.73 Å². The standard InChI is InChI=1S/C8H10BrN3O2/c1-5(10)2-7-8(12(13)14)3-6(9)4-11-7/h3-5H,2,10H2,1H3/t5-/m1/s1. The van der Waals surface area contributed by atoms with Gasteiger partial charge >= 0.3 is 0 Å². The Morgan fingerprint density at radius 2 is 2.43 bits per heavy atom. The molecule has 0 aliphatic heterocycles.